The van der Waals surface area contributed by atoms with Crippen LogP contribution in [-0.4, -0.2) is 23.7 Å². The van der Waals surface area contributed by atoms with Crippen LogP contribution in [0.4, 0.5) is 0 Å². The Kier molecular flexibility index (Phi) is 4.12. The summed E-state index contributed by atoms with van der Waals surface area (Å²) in [6, 6.07) is 6.84. The molecule has 0 radical (unpaired) electrons. The molecule has 0 saturated carbocycles. The van der Waals surface area contributed by atoms with Crippen molar-refractivity contribution in [3.63, 3.8) is 0 Å². The molecule has 1 aromatic carbocycles. The molecule has 0 heterocycles. The molecule has 4 heteroatoms. The van der Waals surface area contributed by atoms with Gasteiger partial charge in [0.1, 0.15) is 5.75 Å². The predicted molar refractivity (Wildman–Crippen MR) is 65.8 cm³/mol. The van der Waals surface area contributed by atoms with Crippen molar-refractivity contribution in [1.29, 1.82) is 0 Å². The molecule has 1 amide bonds. The van der Waals surface area contributed by atoms with Gasteiger partial charge in [-0.25, -0.2) is 0 Å². The lowest BCUT2D eigenvalue weighted by atomic mass is 10.1. The van der Waals surface area contributed by atoms with Crippen LogP contribution in [-0.2, 0) is 4.79 Å². The molecule has 4 nitrogen and oxygen atoms in total. The fourth-order valence-electron chi connectivity index (χ4n) is 1.40. The Bertz CT molecular complexity index is 396. The number of methoxy groups -OCH3 is 1. The molecule has 0 fully saturated rings. The van der Waals surface area contributed by atoms with Gasteiger partial charge >= 0.3 is 0 Å². The van der Waals surface area contributed by atoms with Gasteiger partial charge in [-0.1, -0.05) is 12.1 Å². The fourth-order valence-corrected chi connectivity index (χ4v) is 1.40. The van der Waals surface area contributed by atoms with Gasteiger partial charge in [0.15, 0.2) is 6.10 Å². The minimum absolute atomic E-state index is 0.364. The largest absolute Gasteiger partial charge is 0.497 e. The summed E-state index contributed by atoms with van der Waals surface area (Å²) < 4.78 is 5.04. The zero-order valence-electron chi connectivity index (χ0n) is 10.7. The maximum absolute atomic E-state index is 11.8. The van der Waals surface area contributed by atoms with Gasteiger partial charge in [-0.3, -0.25) is 4.79 Å². The third-order valence-corrected chi connectivity index (χ3v) is 2.16. The molecule has 0 aliphatic carbocycles. The number of amides is 1. The molecule has 2 N–H and O–H groups in total. The van der Waals surface area contributed by atoms with Crippen LogP contribution in [0.3, 0.4) is 0 Å². The average molecular weight is 237 g/mol. The normalized spacial score (nSPS) is 13.0. The molecule has 17 heavy (non-hydrogen) atoms. The Morgan fingerprint density at radius 1 is 1.41 bits per heavy atom. The first kappa shape index (κ1) is 13.5. The van der Waals surface area contributed by atoms with Gasteiger partial charge in [0.05, 0.1) is 7.11 Å². The van der Waals surface area contributed by atoms with Crippen molar-refractivity contribution in [2.45, 2.75) is 32.4 Å². The van der Waals surface area contributed by atoms with Crippen molar-refractivity contribution < 1.29 is 14.6 Å². The third kappa shape index (κ3) is 4.07. The van der Waals surface area contributed by atoms with E-state index in [1.165, 1.54) is 0 Å². The van der Waals surface area contributed by atoms with Gasteiger partial charge < -0.3 is 15.2 Å². The van der Waals surface area contributed by atoms with E-state index in [0.717, 1.165) is 0 Å². The third-order valence-electron chi connectivity index (χ3n) is 2.16. The number of aliphatic hydroxyl groups is 1. The van der Waals surface area contributed by atoms with Gasteiger partial charge in [0.25, 0.3) is 5.91 Å². The number of nitrogens with one attached hydrogen (secondary N) is 1. The van der Waals surface area contributed by atoms with Crippen molar-refractivity contribution in [2.75, 3.05) is 7.11 Å². The van der Waals surface area contributed by atoms with Crippen LogP contribution in [0.15, 0.2) is 24.3 Å². The lowest BCUT2D eigenvalue weighted by Gasteiger charge is -2.22. The first-order valence-corrected chi connectivity index (χ1v) is 5.47. The van der Waals surface area contributed by atoms with E-state index < -0.39 is 12.0 Å². The van der Waals surface area contributed by atoms with Crippen LogP contribution in [0.2, 0.25) is 0 Å². The van der Waals surface area contributed by atoms with Crippen LogP contribution in [0.1, 0.15) is 32.4 Å². The second-order valence-corrected chi connectivity index (χ2v) is 4.92. The zero-order valence-corrected chi connectivity index (χ0v) is 10.7. The van der Waals surface area contributed by atoms with Crippen LogP contribution in [0, 0.1) is 0 Å². The van der Waals surface area contributed by atoms with E-state index in [4.69, 9.17) is 4.74 Å². The Morgan fingerprint density at radius 2 is 2.06 bits per heavy atom. The van der Waals surface area contributed by atoms with E-state index in [0.29, 0.717) is 11.3 Å². The van der Waals surface area contributed by atoms with Crippen molar-refractivity contribution >= 4 is 5.91 Å². The molecular formula is C13H19NO3. The predicted octanol–water partition coefficient (Wildman–Crippen LogP) is 1.64. The Hall–Kier alpha value is -1.55. The minimum atomic E-state index is -1.18. The Balaban J connectivity index is 2.81. The quantitative estimate of drug-likeness (QED) is 0.840. The lowest BCUT2D eigenvalue weighted by Crippen LogP contribution is -2.43. The second-order valence-electron chi connectivity index (χ2n) is 4.92. The first-order chi connectivity index (χ1) is 7.83. The van der Waals surface area contributed by atoms with Crippen LogP contribution in [0.5, 0.6) is 5.75 Å². The molecule has 1 atom stereocenters. The molecule has 1 unspecified atom stereocenters. The topological polar surface area (TPSA) is 58.6 Å². The maximum Gasteiger partial charge on any atom is 0.253 e. The SMILES string of the molecule is COc1cccc(C(O)C(=O)NC(C)(C)C)c1. The number of aliphatic hydroxyl groups excluding tert-OH is 1. The van der Waals surface area contributed by atoms with Crippen molar-refractivity contribution in [1.82, 2.24) is 5.32 Å². The maximum atomic E-state index is 11.8. The molecule has 0 saturated heterocycles. The first-order valence-electron chi connectivity index (χ1n) is 5.47. The highest BCUT2D eigenvalue weighted by Gasteiger charge is 2.22. The van der Waals surface area contributed by atoms with E-state index in [1.54, 1.807) is 31.4 Å². The van der Waals surface area contributed by atoms with E-state index >= 15 is 0 Å². The van der Waals surface area contributed by atoms with Crippen molar-refractivity contribution in [3.8, 4) is 5.75 Å². The summed E-state index contributed by atoms with van der Waals surface area (Å²) in [5, 5.41) is 12.6. The van der Waals surface area contributed by atoms with Gasteiger partial charge in [-0.15, -0.1) is 0 Å². The summed E-state index contributed by atoms with van der Waals surface area (Å²) in [7, 11) is 1.54. The lowest BCUT2D eigenvalue weighted by molar-refractivity contribution is -0.131. The Morgan fingerprint density at radius 3 is 2.59 bits per heavy atom. The summed E-state index contributed by atoms with van der Waals surface area (Å²) in [5.74, 6) is 0.205. The molecule has 1 aromatic rings. The minimum Gasteiger partial charge on any atom is -0.497 e. The van der Waals surface area contributed by atoms with Crippen molar-refractivity contribution in [3.05, 3.63) is 29.8 Å². The number of hydrogen-bond donors (Lipinski definition) is 2. The summed E-state index contributed by atoms with van der Waals surface area (Å²) in [6.45, 7) is 5.59. The molecule has 1 rings (SSSR count). The summed E-state index contributed by atoms with van der Waals surface area (Å²) in [5.41, 5.74) is 0.155. The smallest absolute Gasteiger partial charge is 0.253 e. The highest BCUT2D eigenvalue weighted by molar-refractivity contribution is 5.82. The monoisotopic (exact) mass is 237 g/mol. The summed E-state index contributed by atoms with van der Waals surface area (Å²) in [4.78, 5) is 11.8. The molecule has 0 aliphatic heterocycles. The number of carbonyl (C=O) groups is 1. The highest BCUT2D eigenvalue weighted by atomic mass is 16.5. The number of ether oxygens (including phenoxy) is 1. The number of carbonyl (C=O) groups excluding carboxylic acids is 1. The number of benzene rings is 1. The van der Waals surface area contributed by atoms with E-state index in [1.807, 2.05) is 20.8 Å². The zero-order chi connectivity index (χ0) is 13.1. The average Bonchev–Trinajstić information content (AvgIpc) is 2.26. The van der Waals surface area contributed by atoms with Gasteiger partial charge in [-0.2, -0.15) is 0 Å². The van der Waals surface area contributed by atoms with Gasteiger partial charge in [0, 0.05) is 5.54 Å². The summed E-state index contributed by atoms with van der Waals surface area (Å²) in [6.07, 6.45) is -1.18. The standard InChI is InChI=1S/C13H19NO3/c1-13(2,3)14-12(16)11(15)9-6-5-7-10(8-9)17-4/h5-8,11,15H,1-4H3,(H,14,16). The molecule has 0 aromatic heterocycles. The van der Waals surface area contributed by atoms with E-state index in [-0.39, 0.29) is 5.54 Å². The molecule has 0 bridgehead atoms. The number of rotatable bonds is 3. The van der Waals surface area contributed by atoms with Crippen LogP contribution >= 0.6 is 0 Å². The number of hydrogen-bond acceptors (Lipinski definition) is 3. The van der Waals surface area contributed by atoms with E-state index in [9.17, 15) is 9.90 Å². The molecule has 0 spiro atoms. The molecular weight excluding hydrogens is 218 g/mol. The van der Waals surface area contributed by atoms with E-state index in [2.05, 4.69) is 5.32 Å². The highest BCUT2D eigenvalue weighted by Crippen LogP contribution is 2.19. The van der Waals surface area contributed by atoms with Gasteiger partial charge in [0.2, 0.25) is 0 Å². The van der Waals surface area contributed by atoms with Crippen LogP contribution in [0.25, 0.3) is 0 Å². The van der Waals surface area contributed by atoms with Crippen molar-refractivity contribution in [2.24, 2.45) is 0 Å². The molecule has 0 aliphatic rings. The summed E-state index contributed by atoms with van der Waals surface area (Å²) >= 11 is 0. The fraction of sp³-hybridized carbons (Fsp3) is 0.462. The van der Waals surface area contributed by atoms with Crippen LogP contribution < -0.4 is 10.1 Å². The van der Waals surface area contributed by atoms with Gasteiger partial charge in [-0.05, 0) is 38.5 Å². The molecule has 94 valence electrons. The Labute approximate surface area is 102 Å². The second kappa shape index (κ2) is 5.19.